The summed E-state index contributed by atoms with van der Waals surface area (Å²) in [4.78, 5) is 7.01. The Morgan fingerprint density at radius 2 is 1.93 bits per heavy atom. The van der Waals surface area contributed by atoms with Gasteiger partial charge in [0.2, 0.25) is 0 Å². The van der Waals surface area contributed by atoms with E-state index in [1.807, 2.05) is 38.2 Å². The molecule has 0 amide bonds. The highest BCUT2D eigenvalue weighted by molar-refractivity contribution is 6.32. The number of pyridine rings is 1. The lowest BCUT2D eigenvalue weighted by Gasteiger charge is -2.47. The SMILES string of the molecule is Cc1cccc([C@@H](C)Nc2nnc(C)c3cnc(N4CC5CC(C4)O5)cc23)c1Cl. The van der Waals surface area contributed by atoms with Crippen molar-refractivity contribution >= 4 is 34.0 Å². The van der Waals surface area contributed by atoms with Gasteiger partial charge in [-0.1, -0.05) is 29.8 Å². The monoisotopic (exact) mass is 409 g/mol. The summed E-state index contributed by atoms with van der Waals surface area (Å²) in [5, 5.41) is 15.1. The van der Waals surface area contributed by atoms with Gasteiger partial charge in [0.05, 0.1) is 23.9 Å². The Hall–Kier alpha value is -2.44. The molecule has 3 aromatic rings. The van der Waals surface area contributed by atoms with Gasteiger partial charge in [-0.3, -0.25) is 0 Å². The molecule has 6 rings (SSSR count). The van der Waals surface area contributed by atoms with E-state index in [0.717, 1.165) is 63.8 Å². The maximum absolute atomic E-state index is 6.54. The van der Waals surface area contributed by atoms with E-state index in [9.17, 15) is 0 Å². The van der Waals surface area contributed by atoms with Crippen molar-refractivity contribution in [2.75, 3.05) is 23.3 Å². The predicted octanol–water partition coefficient (Wildman–Crippen LogP) is 4.45. The Labute approximate surface area is 175 Å². The first kappa shape index (κ1) is 18.6. The van der Waals surface area contributed by atoms with Crippen molar-refractivity contribution in [2.45, 2.75) is 45.4 Å². The van der Waals surface area contributed by atoms with E-state index in [4.69, 9.17) is 21.3 Å². The molecule has 3 aliphatic rings. The second-order valence-electron chi connectivity index (χ2n) is 8.09. The van der Waals surface area contributed by atoms with Gasteiger partial charge in [0, 0.05) is 41.5 Å². The molecule has 3 saturated heterocycles. The lowest BCUT2D eigenvalue weighted by molar-refractivity contribution is -0.133. The minimum Gasteiger partial charge on any atom is -0.371 e. The molecule has 5 heterocycles. The van der Waals surface area contributed by atoms with Crippen LogP contribution in [0.5, 0.6) is 0 Å². The summed E-state index contributed by atoms with van der Waals surface area (Å²) in [6, 6.07) is 8.21. The van der Waals surface area contributed by atoms with E-state index in [-0.39, 0.29) is 6.04 Å². The third kappa shape index (κ3) is 3.30. The molecule has 1 N–H and O–H groups in total. The zero-order valence-electron chi connectivity index (χ0n) is 16.8. The number of fused-ring (bicyclic) bond motifs is 3. The number of hydrogen-bond acceptors (Lipinski definition) is 6. The van der Waals surface area contributed by atoms with E-state index in [1.54, 1.807) is 0 Å². The predicted molar refractivity (Wildman–Crippen MR) is 116 cm³/mol. The van der Waals surface area contributed by atoms with Gasteiger partial charge in [-0.05, 0) is 38.0 Å². The fourth-order valence-electron chi connectivity index (χ4n) is 4.27. The van der Waals surface area contributed by atoms with Crippen LogP contribution in [0, 0.1) is 13.8 Å². The number of anilines is 2. The molecule has 3 aliphatic heterocycles. The van der Waals surface area contributed by atoms with Crippen molar-refractivity contribution in [3.8, 4) is 0 Å². The number of hydrogen-bond donors (Lipinski definition) is 1. The number of rotatable bonds is 4. The first-order valence-corrected chi connectivity index (χ1v) is 10.4. The summed E-state index contributed by atoms with van der Waals surface area (Å²) < 4.78 is 5.76. The molecule has 2 bridgehead atoms. The molecule has 7 heteroatoms. The third-order valence-electron chi connectivity index (χ3n) is 5.96. The second kappa shape index (κ2) is 7.11. The Balaban J connectivity index is 1.50. The van der Waals surface area contributed by atoms with E-state index in [0.29, 0.717) is 12.2 Å². The number of ether oxygens (including phenoxy) is 1. The van der Waals surface area contributed by atoms with Crippen LogP contribution in [0.3, 0.4) is 0 Å². The van der Waals surface area contributed by atoms with Crippen molar-refractivity contribution in [3.05, 3.63) is 52.3 Å². The highest BCUT2D eigenvalue weighted by Crippen LogP contribution is 2.34. The molecule has 3 atom stereocenters. The van der Waals surface area contributed by atoms with E-state index < -0.39 is 0 Å². The molecule has 0 saturated carbocycles. The molecule has 3 fully saturated rings. The Morgan fingerprint density at radius 3 is 2.69 bits per heavy atom. The lowest BCUT2D eigenvalue weighted by Crippen LogP contribution is -2.57. The molecular formula is C22H24ClN5O. The van der Waals surface area contributed by atoms with Crippen molar-refractivity contribution in [1.82, 2.24) is 15.2 Å². The number of morpholine rings is 1. The quantitative estimate of drug-likeness (QED) is 0.687. The Kier molecular flexibility index (Phi) is 4.56. The average molecular weight is 410 g/mol. The summed E-state index contributed by atoms with van der Waals surface area (Å²) in [5.74, 6) is 1.71. The minimum atomic E-state index is -0.00440. The van der Waals surface area contributed by atoms with Crippen LogP contribution in [-0.2, 0) is 4.74 Å². The van der Waals surface area contributed by atoms with Crippen LogP contribution in [0.25, 0.3) is 10.8 Å². The van der Waals surface area contributed by atoms with Gasteiger partial charge in [0.25, 0.3) is 0 Å². The van der Waals surface area contributed by atoms with Crippen LogP contribution >= 0.6 is 11.6 Å². The minimum absolute atomic E-state index is 0.00440. The molecule has 2 unspecified atom stereocenters. The van der Waals surface area contributed by atoms with Crippen LogP contribution in [-0.4, -0.2) is 40.5 Å². The summed E-state index contributed by atoms with van der Waals surface area (Å²) in [5.41, 5.74) is 2.98. The molecule has 0 aliphatic carbocycles. The molecule has 150 valence electrons. The molecule has 2 aromatic heterocycles. The molecule has 0 radical (unpaired) electrons. The zero-order chi connectivity index (χ0) is 20.1. The number of nitrogens with zero attached hydrogens (tertiary/aromatic N) is 4. The molecule has 6 nitrogen and oxygen atoms in total. The van der Waals surface area contributed by atoms with Crippen LogP contribution < -0.4 is 10.2 Å². The highest BCUT2D eigenvalue weighted by atomic mass is 35.5. The van der Waals surface area contributed by atoms with Crippen molar-refractivity contribution in [1.29, 1.82) is 0 Å². The summed E-state index contributed by atoms with van der Waals surface area (Å²) >= 11 is 6.54. The maximum atomic E-state index is 6.54. The van der Waals surface area contributed by atoms with E-state index >= 15 is 0 Å². The first-order chi connectivity index (χ1) is 14.0. The summed E-state index contributed by atoms with van der Waals surface area (Å²) in [6.45, 7) is 7.86. The van der Waals surface area contributed by atoms with Crippen molar-refractivity contribution in [3.63, 3.8) is 0 Å². The fraction of sp³-hybridized carbons (Fsp3) is 0.409. The number of piperidine rings is 1. The number of benzene rings is 1. The lowest BCUT2D eigenvalue weighted by atomic mass is 9.98. The summed E-state index contributed by atoms with van der Waals surface area (Å²) in [6.07, 6.45) is 3.75. The zero-order valence-corrected chi connectivity index (χ0v) is 17.6. The molecule has 29 heavy (non-hydrogen) atoms. The van der Waals surface area contributed by atoms with Gasteiger partial charge < -0.3 is 15.0 Å². The van der Waals surface area contributed by atoms with Gasteiger partial charge in [-0.25, -0.2) is 4.98 Å². The molecule has 0 spiro atoms. The maximum Gasteiger partial charge on any atom is 0.157 e. The van der Waals surface area contributed by atoms with Crippen molar-refractivity contribution < 1.29 is 4.74 Å². The largest absolute Gasteiger partial charge is 0.371 e. The second-order valence-corrected chi connectivity index (χ2v) is 8.46. The highest BCUT2D eigenvalue weighted by Gasteiger charge is 2.38. The van der Waals surface area contributed by atoms with Gasteiger partial charge in [0.1, 0.15) is 5.82 Å². The fourth-order valence-corrected chi connectivity index (χ4v) is 4.56. The molecular weight excluding hydrogens is 386 g/mol. The van der Waals surface area contributed by atoms with Crippen molar-refractivity contribution in [2.24, 2.45) is 0 Å². The number of nitrogens with one attached hydrogen (secondary N) is 1. The van der Waals surface area contributed by atoms with Gasteiger partial charge >= 0.3 is 0 Å². The third-order valence-corrected chi connectivity index (χ3v) is 6.47. The van der Waals surface area contributed by atoms with Crippen LogP contribution in [0.4, 0.5) is 11.6 Å². The van der Waals surface area contributed by atoms with E-state index in [1.165, 1.54) is 0 Å². The average Bonchev–Trinajstić information content (AvgIpc) is 2.71. The van der Waals surface area contributed by atoms with Gasteiger partial charge in [0.15, 0.2) is 5.82 Å². The topological polar surface area (TPSA) is 63.2 Å². The van der Waals surface area contributed by atoms with Crippen LogP contribution in [0.1, 0.15) is 36.2 Å². The Morgan fingerprint density at radius 1 is 1.17 bits per heavy atom. The van der Waals surface area contributed by atoms with E-state index in [2.05, 4.69) is 33.4 Å². The summed E-state index contributed by atoms with van der Waals surface area (Å²) in [7, 11) is 0. The number of halogens is 1. The normalized spacial score (nSPS) is 21.7. The van der Waals surface area contributed by atoms with Crippen LogP contribution in [0.2, 0.25) is 5.02 Å². The van der Waals surface area contributed by atoms with Gasteiger partial charge in [-0.15, -0.1) is 5.10 Å². The Bertz CT molecular complexity index is 1070. The first-order valence-electron chi connectivity index (χ1n) is 10.0. The van der Waals surface area contributed by atoms with Gasteiger partial charge in [-0.2, -0.15) is 5.10 Å². The number of aryl methyl sites for hydroxylation is 2. The smallest absolute Gasteiger partial charge is 0.157 e. The standard InChI is InChI=1S/C22H24ClN5O/c1-12-5-4-6-17(21(12)23)13(2)25-22-18-8-20(24-9-19(18)14(3)26-27-22)28-10-15-7-16(11-28)29-15/h4-6,8-9,13,15-16H,7,10-11H2,1-3H3,(H,25,27)/t13-,15?,16?/m1/s1. The van der Waals surface area contributed by atoms with Crippen LogP contribution in [0.15, 0.2) is 30.5 Å². The molecule has 1 aromatic carbocycles. The number of aromatic nitrogens is 3.